The van der Waals surface area contributed by atoms with Crippen molar-refractivity contribution in [2.45, 2.75) is 45.1 Å². The molecule has 1 aromatic heterocycles. The Balaban J connectivity index is 1.50. The van der Waals surface area contributed by atoms with Crippen LogP contribution in [0.1, 0.15) is 42.5 Å². The van der Waals surface area contributed by atoms with Crippen molar-refractivity contribution in [3.8, 4) is 11.3 Å². The summed E-state index contributed by atoms with van der Waals surface area (Å²) in [6, 6.07) is 9.06. The fourth-order valence-corrected chi connectivity index (χ4v) is 4.33. The molecule has 0 N–H and O–H groups in total. The topological polar surface area (TPSA) is 32.3 Å². The molecule has 3 heterocycles. The first-order valence-corrected chi connectivity index (χ1v) is 9.83. The van der Waals surface area contributed by atoms with Gasteiger partial charge in [0.05, 0.1) is 5.69 Å². The second-order valence-electron chi connectivity index (χ2n) is 7.68. The summed E-state index contributed by atoms with van der Waals surface area (Å²) in [4.78, 5) is 14.8. The lowest BCUT2D eigenvalue weighted by Gasteiger charge is -2.31. The maximum Gasteiger partial charge on any atom is 0.226 e. The zero-order chi connectivity index (χ0) is 16.6. The number of likely N-dealkylation sites (tertiary alicyclic amines) is 1. The van der Waals surface area contributed by atoms with Crippen LogP contribution in [0.2, 0.25) is 0 Å². The number of hydrogen-bond acceptors (Lipinski definition) is 4. The summed E-state index contributed by atoms with van der Waals surface area (Å²) in [6.07, 6.45) is 7.41. The molecule has 4 nitrogen and oxygen atoms in total. The van der Waals surface area contributed by atoms with E-state index in [1.165, 1.54) is 66.9 Å². The van der Waals surface area contributed by atoms with Gasteiger partial charge in [-0.2, -0.15) is 0 Å². The molecule has 1 aromatic carbocycles. The summed E-state index contributed by atoms with van der Waals surface area (Å²) in [6.45, 7) is 5.76. The third-order valence-electron chi connectivity index (χ3n) is 5.87. The van der Waals surface area contributed by atoms with Gasteiger partial charge in [-0.3, -0.25) is 4.90 Å². The summed E-state index contributed by atoms with van der Waals surface area (Å²) < 4.78 is 0. The third kappa shape index (κ3) is 2.93. The van der Waals surface area contributed by atoms with E-state index < -0.39 is 0 Å². The van der Waals surface area contributed by atoms with Crippen molar-refractivity contribution >= 4 is 5.95 Å². The van der Waals surface area contributed by atoms with Gasteiger partial charge in [0.1, 0.15) is 0 Å². The lowest BCUT2D eigenvalue weighted by molar-refractivity contribution is 0.331. The smallest absolute Gasteiger partial charge is 0.226 e. The molecule has 4 heteroatoms. The van der Waals surface area contributed by atoms with E-state index in [2.05, 4.69) is 34.1 Å². The van der Waals surface area contributed by atoms with Crippen LogP contribution in [-0.4, -0.2) is 41.0 Å². The predicted octanol–water partition coefficient (Wildman–Crippen LogP) is 3.44. The number of fused-ring (bicyclic) bond motifs is 1. The van der Waals surface area contributed by atoms with Gasteiger partial charge >= 0.3 is 0 Å². The highest BCUT2D eigenvalue weighted by Gasteiger charge is 2.24. The molecule has 0 atom stereocenters. The van der Waals surface area contributed by atoms with E-state index in [1.54, 1.807) is 0 Å². The van der Waals surface area contributed by atoms with Crippen molar-refractivity contribution in [3.05, 3.63) is 41.1 Å². The van der Waals surface area contributed by atoms with E-state index in [9.17, 15) is 0 Å². The molecule has 5 rings (SSSR count). The Bertz CT molecular complexity index is 775. The monoisotopic (exact) mass is 334 g/mol. The first kappa shape index (κ1) is 15.3. The van der Waals surface area contributed by atoms with Gasteiger partial charge in [0.2, 0.25) is 5.95 Å². The zero-order valence-electron chi connectivity index (χ0n) is 14.9. The van der Waals surface area contributed by atoms with Gasteiger partial charge in [-0.15, -0.1) is 0 Å². The minimum absolute atomic E-state index is 0.951. The van der Waals surface area contributed by atoms with Gasteiger partial charge in [-0.25, -0.2) is 9.97 Å². The molecule has 3 aliphatic rings. The van der Waals surface area contributed by atoms with Crippen molar-refractivity contribution < 1.29 is 0 Å². The first-order valence-electron chi connectivity index (χ1n) is 9.83. The molecule has 130 valence electrons. The van der Waals surface area contributed by atoms with Gasteiger partial charge < -0.3 is 4.90 Å². The largest absolute Gasteiger partial charge is 0.341 e. The van der Waals surface area contributed by atoms with Crippen LogP contribution in [-0.2, 0) is 19.4 Å². The molecule has 25 heavy (non-hydrogen) atoms. The van der Waals surface area contributed by atoms with Crippen LogP contribution < -0.4 is 4.90 Å². The van der Waals surface area contributed by atoms with Gasteiger partial charge in [0.25, 0.3) is 0 Å². The van der Waals surface area contributed by atoms with Crippen molar-refractivity contribution in [2.24, 2.45) is 0 Å². The SMILES string of the molecule is c1cc(CN2CCCC2)cc(-c2nc(N3CCC3)nc3c2CCC3)c1. The molecule has 0 spiro atoms. The Morgan fingerprint density at radius 2 is 1.76 bits per heavy atom. The third-order valence-corrected chi connectivity index (χ3v) is 5.87. The van der Waals surface area contributed by atoms with E-state index in [-0.39, 0.29) is 0 Å². The average molecular weight is 334 g/mol. The van der Waals surface area contributed by atoms with E-state index >= 15 is 0 Å². The van der Waals surface area contributed by atoms with Crippen LogP contribution in [0, 0.1) is 0 Å². The number of rotatable bonds is 4. The molecular formula is C21H26N4. The van der Waals surface area contributed by atoms with E-state index in [1.807, 2.05) is 0 Å². The highest BCUT2D eigenvalue weighted by molar-refractivity contribution is 5.67. The Labute approximate surface area is 149 Å². The molecule has 2 aliphatic heterocycles. The standard InChI is InChI=1S/C21H26N4/c1-2-11-24(10-1)15-16-6-3-7-17(14-16)20-18-8-4-9-19(18)22-21(23-20)25-12-5-13-25/h3,6-7,14H,1-2,4-5,8-13,15H2. The normalized spacial score (nSPS) is 19.9. The molecule has 0 radical (unpaired) electrons. The minimum atomic E-state index is 0.951. The highest BCUT2D eigenvalue weighted by atomic mass is 15.3. The van der Waals surface area contributed by atoms with E-state index in [4.69, 9.17) is 9.97 Å². The average Bonchev–Trinajstić information content (AvgIpc) is 3.24. The number of nitrogens with zero attached hydrogens (tertiary/aromatic N) is 4. The Kier molecular flexibility index (Phi) is 3.93. The molecule has 2 fully saturated rings. The number of aromatic nitrogens is 2. The molecule has 0 saturated carbocycles. The van der Waals surface area contributed by atoms with Gasteiger partial charge in [0, 0.05) is 36.5 Å². The quantitative estimate of drug-likeness (QED) is 0.857. The highest BCUT2D eigenvalue weighted by Crippen LogP contribution is 2.33. The summed E-state index contributed by atoms with van der Waals surface area (Å²) in [5, 5.41) is 0. The maximum atomic E-state index is 5.01. The van der Waals surface area contributed by atoms with Gasteiger partial charge in [0.15, 0.2) is 0 Å². The molecule has 0 unspecified atom stereocenters. The lowest BCUT2D eigenvalue weighted by Crippen LogP contribution is -2.38. The van der Waals surface area contributed by atoms with Crippen molar-refractivity contribution in [3.63, 3.8) is 0 Å². The fourth-order valence-electron chi connectivity index (χ4n) is 4.33. The first-order chi connectivity index (χ1) is 12.4. The number of benzene rings is 1. The Morgan fingerprint density at radius 1 is 0.880 bits per heavy atom. The molecule has 2 saturated heterocycles. The number of anilines is 1. The predicted molar refractivity (Wildman–Crippen MR) is 101 cm³/mol. The summed E-state index contributed by atoms with van der Waals surface area (Å²) in [7, 11) is 0. The van der Waals surface area contributed by atoms with Crippen LogP contribution in [0.15, 0.2) is 24.3 Å². The molecule has 2 aromatic rings. The summed E-state index contributed by atoms with van der Waals surface area (Å²) >= 11 is 0. The van der Waals surface area contributed by atoms with Gasteiger partial charge in [-0.05, 0) is 63.2 Å². The lowest BCUT2D eigenvalue weighted by atomic mass is 10.0. The molecular weight excluding hydrogens is 308 g/mol. The van der Waals surface area contributed by atoms with Crippen LogP contribution in [0.4, 0.5) is 5.95 Å². The van der Waals surface area contributed by atoms with Crippen LogP contribution >= 0.6 is 0 Å². The fraction of sp³-hybridized carbons (Fsp3) is 0.524. The zero-order valence-corrected chi connectivity index (χ0v) is 14.9. The molecule has 0 amide bonds. The minimum Gasteiger partial charge on any atom is -0.341 e. The summed E-state index contributed by atoms with van der Waals surface area (Å²) in [5.74, 6) is 0.951. The van der Waals surface area contributed by atoms with E-state index in [0.29, 0.717) is 0 Å². The molecule has 1 aliphatic carbocycles. The van der Waals surface area contributed by atoms with Gasteiger partial charge in [-0.1, -0.05) is 18.2 Å². The number of aryl methyl sites for hydroxylation is 1. The Morgan fingerprint density at radius 3 is 2.56 bits per heavy atom. The summed E-state index contributed by atoms with van der Waals surface area (Å²) in [5.41, 5.74) is 6.56. The Hall–Kier alpha value is -1.94. The van der Waals surface area contributed by atoms with Crippen molar-refractivity contribution in [2.75, 3.05) is 31.1 Å². The molecule has 0 bridgehead atoms. The maximum absolute atomic E-state index is 5.01. The van der Waals surface area contributed by atoms with E-state index in [0.717, 1.165) is 38.4 Å². The number of hydrogen-bond donors (Lipinski definition) is 0. The van der Waals surface area contributed by atoms with Crippen molar-refractivity contribution in [1.29, 1.82) is 0 Å². The van der Waals surface area contributed by atoms with Crippen LogP contribution in [0.25, 0.3) is 11.3 Å². The van der Waals surface area contributed by atoms with Crippen LogP contribution in [0.3, 0.4) is 0 Å². The second kappa shape index (κ2) is 6.41. The second-order valence-corrected chi connectivity index (χ2v) is 7.68. The van der Waals surface area contributed by atoms with Crippen molar-refractivity contribution in [1.82, 2.24) is 14.9 Å². The van der Waals surface area contributed by atoms with Crippen LogP contribution in [0.5, 0.6) is 0 Å².